The van der Waals surface area contributed by atoms with Gasteiger partial charge in [0.25, 0.3) is 0 Å². The Morgan fingerprint density at radius 1 is 0.474 bits per heavy atom. The van der Waals surface area contributed by atoms with E-state index in [1.807, 2.05) is 60.7 Å². The summed E-state index contributed by atoms with van der Waals surface area (Å²) in [7, 11) is 0. The van der Waals surface area contributed by atoms with Gasteiger partial charge in [-0.2, -0.15) is 0 Å². The maximum atomic E-state index is 6.21. The molecule has 0 aliphatic heterocycles. The standard InChI is InChI=1S/C30H18N4O2S2/c1-3-8-19(9-4-1)25-15-23-27(31-17-33-29(23)37-25)35-21-12-7-13-22(14-21)36-28-24-16-26(20-10-5-2-6-11-20)38-30(24)34-18-32-28/h1-18H. The van der Waals surface area contributed by atoms with Crippen molar-refractivity contribution in [2.24, 2.45) is 0 Å². The molecule has 8 heteroatoms. The molecule has 182 valence electrons. The number of hydrogen-bond acceptors (Lipinski definition) is 8. The molecule has 0 amide bonds. The van der Waals surface area contributed by atoms with Crippen molar-refractivity contribution >= 4 is 43.1 Å². The molecule has 0 aliphatic carbocycles. The van der Waals surface area contributed by atoms with Gasteiger partial charge in [-0.25, -0.2) is 19.9 Å². The van der Waals surface area contributed by atoms with Crippen LogP contribution in [0.15, 0.2) is 110 Å². The predicted octanol–water partition coefficient (Wildman–Crippen LogP) is 8.61. The Morgan fingerprint density at radius 3 is 1.42 bits per heavy atom. The van der Waals surface area contributed by atoms with Crippen molar-refractivity contribution in [3.63, 3.8) is 0 Å². The Kier molecular flexibility index (Phi) is 5.73. The second kappa shape index (κ2) is 9.66. The largest absolute Gasteiger partial charge is 0.438 e. The van der Waals surface area contributed by atoms with E-state index in [4.69, 9.17) is 9.47 Å². The minimum absolute atomic E-state index is 0.500. The molecule has 0 saturated heterocycles. The van der Waals surface area contributed by atoms with Gasteiger partial charge < -0.3 is 9.47 Å². The van der Waals surface area contributed by atoms with Crippen LogP contribution < -0.4 is 9.47 Å². The topological polar surface area (TPSA) is 70.0 Å². The third kappa shape index (κ3) is 4.36. The molecule has 0 N–H and O–H groups in total. The average molecular weight is 531 g/mol. The fourth-order valence-electron chi connectivity index (χ4n) is 4.14. The fraction of sp³-hybridized carbons (Fsp3) is 0. The minimum atomic E-state index is 0.500. The molecule has 0 bridgehead atoms. The molecule has 0 unspecified atom stereocenters. The molecule has 7 rings (SSSR count). The monoisotopic (exact) mass is 530 g/mol. The zero-order valence-electron chi connectivity index (χ0n) is 19.8. The van der Waals surface area contributed by atoms with Gasteiger partial charge in [0.1, 0.15) is 33.8 Å². The number of aromatic nitrogens is 4. The van der Waals surface area contributed by atoms with Crippen molar-refractivity contribution in [3.8, 4) is 44.1 Å². The van der Waals surface area contributed by atoms with Crippen LogP contribution in [0.3, 0.4) is 0 Å². The van der Waals surface area contributed by atoms with Gasteiger partial charge in [-0.05, 0) is 35.4 Å². The molecule has 0 atom stereocenters. The molecule has 0 fully saturated rings. The van der Waals surface area contributed by atoms with Crippen LogP contribution in [0.4, 0.5) is 0 Å². The summed E-state index contributed by atoms with van der Waals surface area (Å²) >= 11 is 3.22. The Balaban J connectivity index is 1.18. The van der Waals surface area contributed by atoms with E-state index in [0.717, 1.165) is 41.3 Å². The Bertz CT molecular complexity index is 1750. The Morgan fingerprint density at radius 2 is 0.947 bits per heavy atom. The number of rotatable bonds is 6. The molecule has 6 nitrogen and oxygen atoms in total. The summed E-state index contributed by atoms with van der Waals surface area (Å²) in [5.74, 6) is 2.21. The first-order chi connectivity index (χ1) is 18.8. The van der Waals surface area contributed by atoms with Gasteiger partial charge in [-0.3, -0.25) is 0 Å². The highest BCUT2D eigenvalue weighted by Crippen LogP contribution is 2.39. The van der Waals surface area contributed by atoms with Gasteiger partial charge in [-0.1, -0.05) is 66.7 Å². The maximum Gasteiger partial charge on any atom is 0.231 e. The van der Waals surface area contributed by atoms with E-state index >= 15 is 0 Å². The number of ether oxygens (including phenoxy) is 2. The molecule has 0 spiro atoms. The minimum Gasteiger partial charge on any atom is -0.438 e. The molecular weight excluding hydrogens is 512 g/mol. The lowest BCUT2D eigenvalue weighted by molar-refractivity contribution is 0.447. The molecule has 0 aliphatic rings. The fourth-order valence-corrected chi connectivity index (χ4v) is 6.13. The van der Waals surface area contributed by atoms with Crippen molar-refractivity contribution in [3.05, 3.63) is 110 Å². The number of hydrogen-bond donors (Lipinski definition) is 0. The van der Waals surface area contributed by atoms with Crippen molar-refractivity contribution < 1.29 is 9.47 Å². The Hall–Kier alpha value is -4.66. The highest BCUT2D eigenvalue weighted by molar-refractivity contribution is 7.22. The van der Waals surface area contributed by atoms with E-state index in [0.29, 0.717) is 23.3 Å². The first-order valence-corrected chi connectivity index (χ1v) is 13.5. The molecule has 4 aromatic heterocycles. The quantitative estimate of drug-likeness (QED) is 0.214. The first kappa shape index (κ1) is 22.5. The van der Waals surface area contributed by atoms with E-state index in [-0.39, 0.29) is 0 Å². The highest BCUT2D eigenvalue weighted by atomic mass is 32.1. The van der Waals surface area contributed by atoms with Crippen molar-refractivity contribution in [2.45, 2.75) is 0 Å². The first-order valence-electron chi connectivity index (χ1n) is 11.9. The molecule has 7 aromatic rings. The zero-order chi connectivity index (χ0) is 25.3. The van der Waals surface area contributed by atoms with E-state index in [2.05, 4.69) is 56.3 Å². The maximum absolute atomic E-state index is 6.21. The summed E-state index contributed by atoms with van der Waals surface area (Å²) in [6.07, 6.45) is 3.06. The summed E-state index contributed by atoms with van der Waals surface area (Å²) in [6, 6.07) is 32.1. The van der Waals surface area contributed by atoms with Crippen LogP contribution in [0, 0.1) is 0 Å². The van der Waals surface area contributed by atoms with Crippen LogP contribution in [0.2, 0.25) is 0 Å². The van der Waals surface area contributed by atoms with E-state index in [9.17, 15) is 0 Å². The van der Waals surface area contributed by atoms with E-state index in [1.54, 1.807) is 22.7 Å². The second-order valence-electron chi connectivity index (χ2n) is 8.43. The normalized spacial score (nSPS) is 11.2. The van der Waals surface area contributed by atoms with Gasteiger partial charge in [0, 0.05) is 15.8 Å². The summed E-state index contributed by atoms with van der Waals surface area (Å²) in [5.41, 5.74) is 2.27. The molecule has 4 heterocycles. The summed E-state index contributed by atoms with van der Waals surface area (Å²) < 4.78 is 12.4. The van der Waals surface area contributed by atoms with Crippen LogP contribution >= 0.6 is 22.7 Å². The summed E-state index contributed by atoms with van der Waals surface area (Å²) in [5, 5.41) is 1.73. The Labute approximate surface area is 225 Å². The third-order valence-corrected chi connectivity index (χ3v) is 8.12. The van der Waals surface area contributed by atoms with Crippen LogP contribution in [0.1, 0.15) is 0 Å². The lowest BCUT2D eigenvalue weighted by Gasteiger charge is -2.09. The van der Waals surface area contributed by atoms with Crippen LogP contribution in [0.5, 0.6) is 23.3 Å². The van der Waals surface area contributed by atoms with Crippen molar-refractivity contribution in [1.82, 2.24) is 19.9 Å². The van der Waals surface area contributed by atoms with Gasteiger partial charge >= 0.3 is 0 Å². The van der Waals surface area contributed by atoms with Crippen LogP contribution in [-0.4, -0.2) is 19.9 Å². The van der Waals surface area contributed by atoms with Gasteiger partial charge in [0.05, 0.1) is 10.8 Å². The van der Waals surface area contributed by atoms with Crippen LogP contribution in [-0.2, 0) is 0 Å². The lowest BCUT2D eigenvalue weighted by Crippen LogP contribution is -1.92. The van der Waals surface area contributed by atoms with E-state index < -0.39 is 0 Å². The van der Waals surface area contributed by atoms with Gasteiger partial charge in [-0.15, -0.1) is 22.7 Å². The second-order valence-corrected chi connectivity index (χ2v) is 10.5. The summed E-state index contributed by atoms with van der Waals surface area (Å²) in [4.78, 5) is 21.7. The van der Waals surface area contributed by atoms with Gasteiger partial charge in [0.15, 0.2) is 0 Å². The van der Waals surface area contributed by atoms with E-state index in [1.165, 1.54) is 12.7 Å². The van der Waals surface area contributed by atoms with Crippen molar-refractivity contribution in [1.29, 1.82) is 0 Å². The average Bonchev–Trinajstić information content (AvgIpc) is 3.61. The van der Waals surface area contributed by atoms with Gasteiger partial charge in [0.2, 0.25) is 11.8 Å². The summed E-state index contributed by atoms with van der Waals surface area (Å²) in [6.45, 7) is 0. The molecule has 0 saturated carbocycles. The number of thiophene rings is 2. The SMILES string of the molecule is c1ccc(-c2cc3c(Oc4cccc(Oc5ncnc6sc(-c7ccccc7)cc56)c4)ncnc3s2)cc1. The number of fused-ring (bicyclic) bond motifs is 2. The third-order valence-electron chi connectivity index (χ3n) is 5.94. The smallest absolute Gasteiger partial charge is 0.231 e. The number of benzene rings is 3. The molecule has 38 heavy (non-hydrogen) atoms. The molecule has 0 radical (unpaired) electrons. The molecular formula is C30H18N4O2S2. The highest BCUT2D eigenvalue weighted by Gasteiger charge is 2.14. The van der Waals surface area contributed by atoms with Crippen molar-refractivity contribution in [2.75, 3.05) is 0 Å². The number of nitrogens with zero attached hydrogens (tertiary/aromatic N) is 4. The lowest BCUT2D eigenvalue weighted by atomic mass is 10.2. The molecule has 3 aromatic carbocycles. The predicted molar refractivity (Wildman–Crippen MR) is 152 cm³/mol. The zero-order valence-corrected chi connectivity index (χ0v) is 21.4. The van der Waals surface area contributed by atoms with Crippen LogP contribution in [0.25, 0.3) is 41.3 Å².